The predicted octanol–water partition coefficient (Wildman–Crippen LogP) is 2.43. The van der Waals surface area contributed by atoms with Gasteiger partial charge >= 0.3 is 0 Å². The molecule has 0 aliphatic carbocycles. The molecule has 0 fully saturated rings. The standard InChI is InChI=1S/C15H20N4O/c1-15(2,3)10-6-5-7-11-9(10)8-12(18-11)13(20)19(4)14(16)17/h5-8,18H,1-4H3,(H3,16,17). The summed E-state index contributed by atoms with van der Waals surface area (Å²) in [5, 5.41) is 8.35. The molecule has 2 rings (SSSR count). The van der Waals surface area contributed by atoms with Gasteiger partial charge in [-0.15, -0.1) is 0 Å². The van der Waals surface area contributed by atoms with E-state index < -0.39 is 0 Å². The number of aromatic amines is 1. The summed E-state index contributed by atoms with van der Waals surface area (Å²) < 4.78 is 0. The van der Waals surface area contributed by atoms with Crippen LogP contribution in [0.4, 0.5) is 0 Å². The molecule has 0 unspecified atom stereocenters. The number of benzene rings is 1. The van der Waals surface area contributed by atoms with Gasteiger partial charge in [-0.25, -0.2) is 0 Å². The van der Waals surface area contributed by atoms with E-state index in [0.29, 0.717) is 5.69 Å². The quantitative estimate of drug-likeness (QED) is 0.550. The second-order valence-corrected chi connectivity index (χ2v) is 5.95. The van der Waals surface area contributed by atoms with E-state index in [1.54, 1.807) is 0 Å². The number of carbonyl (C=O) groups excluding carboxylic acids is 1. The maximum Gasteiger partial charge on any atom is 0.276 e. The van der Waals surface area contributed by atoms with Gasteiger partial charge in [0, 0.05) is 18.0 Å². The van der Waals surface area contributed by atoms with Gasteiger partial charge in [0.05, 0.1) is 0 Å². The third-order valence-corrected chi connectivity index (χ3v) is 3.37. The molecule has 5 heteroatoms. The Morgan fingerprint density at radius 1 is 1.35 bits per heavy atom. The Labute approximate surface area is 118 Å². The van der Waals surface area contributed by atoms with Crippen LogP contribution in [0.2, 0.25) is 0 Å². The molecule has 0 radical (unpaired) electrons. The minimum absolute atomic E-state index is 0.00546. The van der Waals surface area contributed by atoms with E-state index in [1.807, 2.05) is 18.2 Å². The largest absolute Gasteiger partial charge is 0.370 e. The first-order valence-electron chi connectivity index (χ1n) is 6.46. The predicted molar refractivity (Wildman–Crippen MR) is 81.0 cm³/mol. The SMILES string of the molecule is CN(C(=N)N)C(=O)c1cc2c(C(C)(C)C)cccc2[nH]1. The summed E-state index contributed by atoms with van der Waals surface area (Å²) in [4.78, 5) is 16.4. The first kappa shape index (κ1) is 14.1. The Kier molecular flexibility index (Phi) is 3.29. The molecule has 4 N–H and O–H groups in total. The Hall–Kier alpha value is -2.30. The van der Waals surface area contributed by atoms with Crippen molar-refractivity contribution in [2.24, 2.45) is 5.73 Å². The van der Waals surface area contributed by atoms with Gasteiger partial charge < -0.3 is 10.7 Å². The molecule has 20 heavy (non-hydrogen) atoms. The lowest BCUT2D eigenvalue weighted by molar-refractivity contribution is 0.0864. The summed E-state index contributed by atoms with van der Waals surface area (Å²) in [7, 11) is 1.49. The Balaban J connectivity index is 2.55. The average Bonchev–Trinajstić information content (AvgIpc) is 2.78. The molecule has 1 heterocycles. The maximum atomic E-state index is 12.2. The number of aromatic nitrogens is 1. The molecule has 0 saturated carbocycles. The van der Waals surface area contributed by atoms with Gasteiger partial charge in [-0.2, -0.15) is 0 Å². The number of nitrogens with zero attached hydrogens (tertiary/aromatic N) is 1. The van der Waals surface area contributed by atoms with Gasteiger partial charge in [-0.3, -0.25) is 15.1 Å². The summed E-state index contributed by atoms with van der Waals surface area (Å²) in [6.45, 7) is 6.41. The van der Waals surface area contributed by atoms with Crippen molar-refractivity contribution in [2.75, 3.05) is 7.05 Å². The fraction of sp³-hybridized carbons (Fsp3) is 0.333. The fourth-order valence-electron chi connectivity index (χ4n) is 2.21. The molecule has 0 spiro atoms. The van der Waals surface area contributed by atoms with Gasteiger partial charge in [0.25, 0.3) is 5.91 Å². The number of rotatable bonds is 1. The second-order valence-electron chi connectivity index (χ2n) is 5.95. The molecule has 0 aliphatic rings. The van der Waals surface area contributed by atoms with Crippen molar-refractivity contribution in [3.8, 4) is 0 Å². The highest BCUT2D eigenvalue weighted by Crippen LogP contribution is 2.30. The Morgan fingerprint density at radius 2 is 2.00 bits per heavy atom. The van der Waals surface area contributed by atoms with Gasteiger partial charge in [0.1, 0.15) is 5.69 Å². The summed E-state index contributed by atoms with van der Waals surface area (Å²) in [5.41, 5.74) is 7.87. The van der Waals surface area contributed by atoms with Crippen LogP contribution in [0.5, 0.6) is 0 Å². The lowest BCUT2D eigenvalue weighted by atomic mass is 9.85. The van der Waals surface area contributed by atoms with Gasteiger partial charge in [0.2, 0.25) is 0 Å². The molecule has 0 atom stereocenters. The maximum absolute atomic E-state index is 12.2. The van der Waals surface area contributed by atoms with Crippen molar-refractivity contribution in [2.45, 2.75) is 26.2 Å². The lowest BCUT2D eigenvalue weighted by Crippen LogP contribution is -2.38. The molecule has 1 amide bonds. The van der Waals surface area contributed by atoms with Gasteiger partial charge in [-0.05, 0) is 23.1 Å². The number of nitrogens with two attached hydrogens (primary N) is 1. The first-order valence-corrected chi connectivity index (χ1v) is 6.46. The van der Waals surface area contributed by atoms with Crippen molar-refractivity contribution in [1.82, 2.24) is 9.88 Å². The van der Waals surface area contributed by atoms with E-state index in [9.17, 15) is 4.79 Å². The first-order chi connectivity index (χ1) is 9.21. The number of hydrogen-bond acceptors (Lipinski definition) is 2. The number of H-pyrrole nitrogens is 1. The van der Waals surface area contributed by atoms with E-state index in [1.165, 1.54) is 12.6 Å². The number of amides is 1. The smallest absolute Gasteiger partial charge is 0.276 e. The van der Waals surface area contributed by atoms with Crippen molar-refractivity contribution in [3.05, 3.63) is 35.5 Å². The molecule has 0 bridgehead atoms. The Bertz CT molecular complexity index is 679. The molecule has 2 aromatic rings. The highest BCUT2D eigenvalue weighted by Gasteiger charge is 2.21. The second kappa shape index (κ2) is 4.67. The van der Waals surface area contributed by atoms with Crippen molar-refractivity contribution in [3.63, 3.8) is 0 Å². The molecule has 5 nitrogen and oxygen atoms in total. The highest BCUT2D eigenvalue weighted by atomic mass is 16.2. The van der Waals surface area contributed by atoms with Gasteiger partial charge in [-0.1, -0.05) is 32.9 Å². The van der Waals surface area contributed by atoms with E-state index in [-0.39, 0.29) is 17.3 Å². The minimum Gasteiger partial charge on any atom is -0.370 e. The molecular formula is C15H20N4O. The van der Waals surface area contributed by atoms with Crippen LogP contribution in [0, 0.1) is 5.41 Å². The van der Waals surface area contributed by atoms with Crippen LogP contribution in [0.15, 0.2) is 24.3 Å². The number of nitrogens with one attached hydrogen (secondary N) is 2. The Morgan fingerprint density at radius 3 is 2.55 bits per heavy atom. The van der Waals surface area contributed by atoms with Crippen molar-refractivity contribution >= 4 is 22.8 Å². The zero-order valence-corrected chi connectivity index (χ0v) is 12.2. The van der Waals surface area contributed by atoms with E-state index >= 15 is 0 Å². The number of carbonyl (C=O) groups is 1. The van der Waals surface area contributed by atoms with Crippen LogP contribution in [0.3, 0.4) is 0 Å². The summed E-state index contributed by atoms with van der Waals surface area (Å²) in [6.07, 6.45) is 0. The van der Waals surface area contributed by atoms with E-state index in [0.717, 1.165) is 15.8 Å². The zero-order chi connectivity index (χ0) is 15.1. The zero-order valence-electron chi connectivity index (χ0n) is 12.2. The summed E-state index contributed by atoms with van der Waals surface area (Å²) in [5.74, 6) is -0.585. The molecular weight excluding hydrogens is 252 g/mol. The van der Waals surface area contributed by atoms with E-state index in [2.05, 4.69) is 31.8 Å². The van der Waals surface area contributed by atoms with Crippen LogP contribution in [0.1, 0.15) is 36.8 Å². The topological polar surface area (TPSA) is 86.0 Å². The molecule has 106 valence electrons. The molecule has 1 aromatic carbocycles. The molecule has 0 saturated heterocycles. The number of guanidine groups is 1. The van der Waals surface area contributed by atoms with Crippen molar-refractivity contribution in [1.29, 1.82) is 5.41 Å². The molecule has 1 aromatic heterocycles. The monoisotopic (exact) mass is 272 g/mol. The van der Waals surface area contributed by atoms with E-state index in [4.69, 9.17) is 11.1 Å². The normalized spacial score (nSPS) is 11.6. The highest BCUT2D eigenvalue weighted by molar-refractivity contribution is 6.06. The lowest BCUT2D eigenvalue weighted by Gasteiger charge is -2.19. The van der Waals surface area contributed by atoms with Crippen LogP contribution in [0.25, 0.3) is 10.9 Å². The number of fused-ring (bicyclic) bond motifs is 1. The third kappa shape index (κ3) is 2.39. The number of hydrogen-bond donors (Lipinski definition) is 3. The summed E-state index contributed by atoms with van der Waals surface area (Å²) >= 11 is 0. The third-order valence-electron chi connectivity index (χ3n) is 3.37. The minimum atomic E-state index is -0.312. The average molecular weight is 272 g/mol. The van der Waals surface area contributed by atoms with Crippen LogP contribution >= 0.6 is 0 Å². The van der Waals surface area contributed by atoms with Crippen LogP contribution in [-0.4, -0.2) is 28.8 Å². The van der Waals surface area contributed by atoms with Crippen LogP contribution < -0.4 is 5.73 Å². The summed E-state index contributed by atoms with van der Waals surface area (Å²) in [6, 6.07) is 7.81. The van der Waals surface area contributed by atoms with Gasteiger partial charge in [0.15, 0.2) is 5.96 Å². The fourth-order valence-corrected chi connectivity index (χ4v) is 2.21. The molecule has 0 aliphatic heterocycles. The van der Waals surface area contributed by atoms with Crippen LogP contribution in [-0.2, 0) is 5.41 Å². The van der Waals surface area contributed by atoms with Crippen molar-refractivity contribution < 1.29 is 4.79 Å².